The molecule has 7 nitrogen and oxygen atoms in total. The van der Waals surface area contributed by atoms with Crippen LogP contribution >= 0.6 is 0 Å². The van der Waals surface area contributed by atoms with Gasteiger partial charge in [0.25, 0.3) is 10.0 Å². The summed E-state index contributed by atoms with van der Waals surface area (Å²) in [5.41, 5.74) is 2.23. The highest BCUT2D eigenvalue weighted by Crippen LogP contribution is 2.26. The molecule has 0 fully saturated rings. The molecule has 1 aromatic heterocycles. The van der Waals surface area contributed by atoms with Crippen LogP contribution < -0.4 is 14.8 Å². The summed E-state index contributed by atoms with van der Waals surface area (Å²) in [5.74, 6) is 0.941. The van der Waals surface area contributed by atoms with E-state index in [9.17, 15) is 8.42 Å². The van der Waals surface area contributed by atoms with E-state index >= 15 is 0 Å². The summed E-state index contributed by atoms with van der Waals surface area (Å²) in [6.07, 6.45) is 2.64. The molecule has 0 saturated heterocycles. The Hall–Kier alpha value is -2.32. The Balaban J connectivity index is 2.06. The molecule has 0 aliphatic rings. The average molecular weight is 393 g/mol. The molecule has 0 unspecified atom stereocenters. The van der Waals surface area contributed by atoms with Crippen molar-refractivity contribution in [1.29, 1.82) is 0 Å². The molecule has 0 bridgehead atoms. The number of aryl methyl sites for hydroxylation is 2. The second kappa shape index (κ2) is 9.05. The minimum absolute atomic E-state index is 0.216. The molecule has 0 radical (unpaired) electrons. The first kappa shape index (κ1) is 21.0. The van der Waals surface area contributed by atoms with Crippen molar-refractivity contribution in [3.8, 4) is 5.75 Å². The second-order valence-electron chi connectivity index (χ2n) is 6.71. The highest BCUT2D eigenvalue weighted by Gasteiger charge is 2.19. The van der Waals surface area contributed by atoms with E-state index in [1.807, 2.05) is 27.1 Å². The molecule has 2 aromatic rings. The van der Waals surface area contributed by atoms with Crippen LogP contribution in [0.5, 0.6) is 5.75 Å². The number of nitrogens with one attached hydrogen (secondary N) is 2. The molecule has 8 heteroatoms. The first-order chi connectivity index (χ1) is 12.7. The van der Waals surface area contributed by atoms with Crippen LogP contribution in [0.4, 0.5) is 11.5 Å². The second-order valence-corrected chi connectivity index (χ2v) is 8.36. The Morgan fingerprint density at radius 2 is 1.89 bits per heavy atom. The monoisotopic (exact) mass is 392 g/mol. The molecule has 0 saturated carbocycles. The number of nitrogens with zero attached hydrogens (tertiary/aromatic N) is 2. The Labute approximate surface area is 161 Å². The number of hydrogen-bond donors (Lipinski definition) is 2. The van der Waals surface area contributed by atoms with Crippen molar-refractivity contribution in [1.82, 2.24) is 9.88 Å². The van der Waals surface area contributed by atoms with Gasteiger partial charge in [0.05, 0.1) is 23.9 Å². The molecule has 1 aromatic carbocycles. The molecule has 148 valence electrons. The van der Waals surface area contributed by atoms with Crippen LogP contribution in [-0.4, -0.2) is 52.6 Å². The number of anilines is 2. The third kappa shape index (κ3) is 5.83. The van der Waals surface area contributed by atoms with Crippen LogP contribution in [0.15, 0.2) is 35.4 Å². The van der Waals surface area contributed by atoms with Crippen LogP contribution in [0.25, 0.3) is 0 Å². The number of pyridine rings is 1. The summed E-state index contributed by atoms with van der Waals surface area (Å²) in [6, 6.07) is 6.79. The maximum atomic E-state index is 12.7. The Kier molecular flexibility index (Phi) is 7.04. The Bertz CT molecular complexity index is 865. The predicted octanol–water partition coefficient (Wildman–Crippen LogP) is 2.87. The molecule has 0 atom stereocenters. The first-order valence-corrected chi connectivity index (χ1v) is 10.2. The van der Waals surface area contributed by atoms with Gasteiger partial charge in [0, 0.05) is 6.54 Å². The van der Waals surface area contributed by atoms with Crippen molar-refractivity contribution in [2.24, 2.45) is 0 Å². The molecule has 2 N–H and O–H groups in total. The van der Waals surface area contributed by atoms with E-state index in [1.54, 1.807) is 38.4 Å². The maximum Gasteiger partial charge on any atom is 0.263 e. The molecule has 0 amide bonds. The van der Waals surface area contributed by atoms with Crippen molar-refractivity contribution in [3.63, 3.8) is 0 Å². The van der Waals surface area contributed by atoms with Crippen molar-refractivity contribution >= 4 is 21.5 Å². The molecule has 27 heavy (non-hydrogen) atoms. The molecular weight excluding hydrogens is 364 g/mol. The lowest BCUT2D eigenvalue weighted by Crippen LogP contribution is -2.17. The smallest absolute Gasteiger partial charge is 0.263 e. The number of rotatable bonds is 9. The largest absolute Gasteiger partial charge is 0.496 e. The minimum Gasteiger partial charge on any atom is -0.496 e. The van der Waals surface area contributed by atoms with Gasteiger partial charge in [-0.15, -0.1) is 0 Å². The van der Waals surface area contributed by atoms with Crippen LogP contribution in [0.1, 0.15) is 17.5 Å². The third-order valence-corrected chi connectivity index (χ3v) is 5.59. The van der Waals surface area contributed by atoms with Crippen LogP contribution in [-0.2, 0) is 10.0 Å². The van der Waals surface area contributed by atoms with Crippen molar-refractivity contribution in [2.75, 3.05) is 44.3 Å². The summed E-state index contributed by atoms with van der Waals surface area (Å²) in [6.45, 7) is 5.38. The zero-order valence-electron chi connectivity index (χ0n) is 16.5. The molecule has 0 aliphatic heterocycles. The van der Waals surface area contributed by atoms with Gasteiger partial charge >= 0.3 is 0 Å². The third-order valence-electron chi connectivity index (χ3n) is 4.10. The SMILES string of the molecule is COc1cc(C)c(S(=O)(=O)Nc2ccc(NCCCN(C)C)cn2)cc1C. The van der Waals surface area contributed by atoms with E-state index in [-0.39, 0.29) is 10.7 Å². The first-order valence-electron chi connectivity index (χ1n) is 8.75. The maximum absolute atomic E-state index is 12.7. The van der Waals surface area contributed by atoms with Gasteiger partial charge in [0.15, 0.2) is 0 Å². The number of benzene rings is 1. The summed E-state index contributed by atoms with van der Waals surface area (Å²) >= 11 is 0. The standard InChI is InChI=1S/C19H28N4O3S/c1-14-12-18(15(2)11-17(14)26-5)27(24,25)22-19-8-7-16(13-21-19)20-9-6-10-23(3)4/h7-8,11-13,20H,6,9-10H2,1-5H3,(H,21,22). The fourth-order valence-electron chi connectivity index (χ4n) is 2.65. The number of aromatic nitrogens is 1. The molecule has 0 aliphatic carbocycles. The normalized spacial score (nSPS) is 11.5. The predicted molar refractivity (Wildman–Crippen MR) is 109 cm³/mol. The van der Waals surface area contributed by atoms with Gasteiger partial charge in [-0.2, -0.15) is 0 Å². The quantitative estimate of drug-likeness (QED) is 0.639. The molecule has 1 heterocycles. The number of hydrogen-bond acceptors (Lipinski definition) is 6. The van der Waals surface area contributed by atoms with Gasteiger partial charge in [-0.05, 0) is 76.3 Å². The molecular formula is C19H28N4O3S. The zero-order chi connectivity index (χ0) is 20.0. The van der Waals surface area contributed by atoms with Gasteiger partial charge < -0.3 is 15.0 Å². The van der Waals surface area contributed by atoms with Crippen LogP contribution in [0, 0.1) is 13.8 Å². The average Bonchev–Trinajstić information content (AvgIpc) is 2.61. The highest BCUT2D eigenvalue weighted by atomic mass is 32.2. The van der Waals surface area contributed by atoms with Gasteiger partial charge in [0.1, 0.15) is 11.6 Å². The number of sulfonamides is 1. The van der Waals surface area contributed by atoms with Crippen LogP contribution in [0.3, 0.4) is 0 Å². The van der Waals surface area contributed by atoms with Gasteiger partial charge in [-0.1, -0.05) is 0 Å². The van der Waals surface area contributed by atoms with E-state index in [4.69, 9.17) is 4.74 Å². The lowest BCUT2D eigenvalue weighted by atomic mass is 10.1. The van der Waals surface area contributed by atoms with Gasteiger partial charge in [0.2, 0.25) is 0 Å². The van der Waals surface area contributed by atoms with E-state index in [1.165, 1.54) is 0 Å². The summed E-state index contributed by atoms with van der Waals surface area (Å²) in [4.78, 5) is 6.54. The van der Waals surface area contributed by atoms with Crippen LogP contribution in [0.2, 0.25) is 0 Å². The molecule has 0 spiro atoms. The van der Waals surface area contributed by atoms with E-state index in [0.717, 1.165) is 30.8 Å². The molecule has 2 rings (SSSR count). The van der Waals surface area contributed by atoms with Gasteiger partial charge in [-0.3, -0.25) is 4.72 Å². The fourth-order valence-corrected chi connectivity index (χ4v) is 3.97. The lowest BCUT2D eigenvalue weighted by Gasteiger charge is -2.13. The summed E-state index contributed by atoms with van der Waals surface area (Å²) < 4.78 is 33.2. The van der Waals surface area contributed by atoms with Crippen molar-refractivity contribution < 1.29 is 13.2 Å². The Morgan fingerprint density at radius 3 is 2.48 bits per heavy atom. The van der Waals surface area contributed by atoms with Gasteiger partial charge in [-0.25, -0.2) is 13.4 Å². The van der Waals surface area contributed by atoms with E-state index in [2.05, 4.69) is 19.9 Å². The van der Waals surface area contributed by atoms with E-state index < -0.39 is 10.0 Å². The van der Waals surface area contributed by atoms with Crippen molar-refractivity contribution in [3.05, 3.63) is 41.6 Å². The van der Waals surface area contributed by atoms with Crippen molar-refractivity contribution in [2.45, 2.75) is 25.2 Å². The summed E-state index contributed by atoms with van der Waals surface area (Å²) in [7, 11) is 1.91. The highest BCUT2D eigenvalue weighted by molar-refractivity contribution is 7.92. The van der Waals surface area contributed by atoms with E-state index in [0.29, 0.717) is 11.3 Å². The Morgan fingerprint density at radius 1 is 1.15 bits per heavy atom. The minimum atomic E-state index is -3.73. The topological polar surface area (TPSA) is 83.6 Å². The summed E-state index contributed by atoms with van der Waals surface area (Å²) in [5, 5.41) is 3.27. The number of ether oxygens (including phenoxy) is 1. The lowest BCUT2D eigenvalue weighted by molar-refractivity contribution is 0.405. The zero-order valence-corrected chi connectivity index (χ0v) is 17.4. The number of methoxy groups -OCH3 is 1. The fraction of sp³-hybridized carbons (Fsp3) is 0.421.